The number of phenolic OH excluding ortho intramolecular Hbond substituents is 1. The van der Waals surface area contributed by atoms with E-state index >= 15 is 0 Å². The summed E-state index contributed by atoms with van der Waals surface area (Å²) in [6, 6.07) is 21.1. The first-order valence-corrected chi connectivity index (χ1v) is 9.05. The van der Waals surface area contributed by atoms with E-state index in [4.69, 9.17) is 0 Å². The third-order valence-corrected chi connectivity index (χ3v) is 4.85. The molecule has 0 fully saturated rings. The molecule has 1 heterocycles. The molecule has 3 aromatic carbocycles. The van der Waals surface area contributed by atoms with Crippen molar-refractivity contribution < 1.29 is 26.9 Å². The van der Waals surface area contributed by atoms with Crippen molar-refractivity contribution in [3.05, 3.63) is 71.8 Å². The molecular formula is C22H20BF4NO. The Labute approximate surface area is 166 Å². The van der Waals surface area contributed by atoms with Gasteiger partial charge in [0.1, 0.15) is 12.8 Å². The van der Waals surface area contributed by atoms with Crippen molar-refractivity contribution in [1.29, 1.82) is 0 Å². The first kappa shape index (κ1) is 20.6. The largest absolute Gasteiger partial charge is 0.673 e. The van der Waals surface area contributed by atoms with Gasteiger partial charge in [0, 0.05) is 17.7 Å². The minimum absolute atomic E-state index is 0.383. The van der Waals surface area contributed by atoms with Crippen molar-refractivity contribution in [2.24, 2.45) is 7.05 Å². The highest BCUT2D eigenvalue weighted by Gasteiger charge is 2.21. The van der Waals surface area contributed by atoms with Gasteiger partial charge in [-0.3, -0.25) is 0 Å². The Hall–Kier alpha value is -3.09. The van der Waals surface area contributed by atoms with E-state index in [0.717, 1.165) is 16.7 Å². The highest BCUT2D eigenvalue weighted by Crippen LogP contribution is 2.36. The van der Waals surface area contributed by atoms with Crippen LogP contribution < -0.4 is 4.57 Å². The fourth-order valence-electron chi connectivity index (χ4n) is 3.64. The summed E-state index contributed by atoms with van der Waals surface area (Å²) in [5, 5.41) is 12.6. The molecule has 0 aliphatic rings. The molecule has 7 heteroatoms. The fourth-order valence-corrected chi connectivity index (χ4v) is 3.64. The van der Waals surface area contributed by atoms with E-state index < -0.39 is 7.25 Å². The normalized spacial score (nSPS) is 11.4. The molecule has 0 unspecified atom stereocenters. The van der Waals surface area contributed by atoms with Crippen molar-refractivity contribution in [3.8, 4) is 16.9 Å². The lowest BCUT2D eigenvalue weighted by atomic mass is 9.93. The molecule has 4 rings (SSSR count). The average molecular weight is 401 g/mol. The van der Waals surface area contributed by atoms with E-state index in [1.807, 2.05) is 13.8 Å². The summed E-state index contributed by atoms with van der Waals surface area (Å²) >= 11 is 0. The Balaban J connectivity index is 0.000000431. The molecule has 4 aromatic rings. The first-order chi connectivity index (χ1) is 13.6. The lowest BCUT2D eigenvalue weighted by Gasteiger charge is -2.13. The SMILES string of the molecule is Cc1cc(-c2c3ccccc3[n+](C)c3ccccc23)cc(C)c1O.F[B-](F)(F)F. The van der Waals surface area contributed by atoms with Crippen LogP contribution in [0.25, 0.3) is 32.9 Å². The van der Waals surface area contributed by atoms with Gasteiger partial charge in [-0.2, -0.15) is 4.57 Å². The molecule has 0 bridgehead atoms. The maximum Gasteiger partial charge on any atom is 0.673 e. The molecule has 0 amide bonds. The van der Waals surface area contributed by atoms with E-state index in [-0.39, 0.29) is 0 Å². The molecule has 0 aliphatic heterocycles. The lowest BCUT2D eigenvalue weighted by Crippen LogP contribution is -2.30. The summed E-state index contributed by atoms with van der Waals surface area (Å²) in [5.41, 5.74) is 6.60. The third-order valence-electron chi connectivity index (χ3n) is 4.85. The summed E-state index contributed by atoms with van der Waals surface area (Å²) in [5.74, 6) is 0.383. The van der Waals surface area contributed by atoms with Gasteiger partial charge in [0.2, 0.25) is 11.0 Å². The molecule has 0 atom stereocenters. The second-order valence-electron chi connectivity index (χ2n) is 6.92. The Morgan fingerprint density at radius 3 is 1.55 bits per heavy atom. The van der Waals surface area contributed by atoms with Gasteiger partial charge >= 0.3 is 7.25 Å². The van der Waals surface area contributed by atoms with Crippen molar-refractivity contribution in [2.75, 3.05) is 0 Å². The van der Waals surface area contributed by atoms with Crippen LogP contribution in [0.1, 0.15) is 11.1 Å². The number of aromatic hydroxyl groups is 1. The Kier molecular flexibility index (Phi) is 5.51. The summed E-state index contributed by atoms with van der Waals surface area (Å²) in [7, 11) is -3.89. The average Bonchev–Trinajstić information content (AvgIpc) is 2.65. The minimum Gasteiger partial charge on any atom is -0.507 e. The molecule has 0 saturated carbocycles. The van der Waals surface area contributed by atoms with Crippen molar-refractivity contribution >= 4 is 29.1 Å². The number of fused-ring (bicyclic) bond motifs is 2. The summed E-state index contributed by atoms with van der Waals surface area (Å²) in [6.45, 7) is 3.91. The van der Waals surface area contributed by atoms with E-state index in [2.05, 4.69) is 72.3 Å². The van der Waals surface area contributed by atoms with Gasteiger partial charge in [0.15, 0.2) is 0 Å². The second kappa shape index (κ2) is 7.74. The van der Waals surface area contributed by atoms with E-state index in [0.29, 0.717) is 5.75 Å². The second-order valence-corrected chi connectivity index (χ2v) is 6.92. The van der Waals surface area contributed by atoms with Gasteiger partial charge in [-0.25, -0.2) is 0 Å². The lowest BCUT2D eigenvalue weighted by molar-refractivity contribution is -0.617. The Bertz CT molecular complexity index is 1120. The quantitative estimate of drug-likeness (QED) is 0.177. The van der Waals surface area contributed by atoms with Gasteiger partial charge in [0.25, 0.3) is 0 Å². The van der Waals surface area contributed by atoms with Crippen LogP contribution >= 0.6 is 0 Å². The third kappa shape index (κ3) is 4.34. The van der Waals surface area contributed by atoms with Gasteiger partial charge < -0.3 is 22.4 Å². The van der Waals surface area contributed by atoms with Gasteiger partial charge in [0.05, 0.1) is 10.8 Å². The minimum atomic E-state index is -6.00. The fraction of sp³-hybridized carbons (Fsp3) is 0.136. The highest BCUT2D eigenvalue weighted by atomic mass is 19.5. The standard InChI is InChI=1S/C22H19NO.BF4/c1-14-12-16(13-15(2)22(14)24)21-17-8-4-6-10-19(17)23(3)20-11-7-5-9-18(20)21;2-1(3,4)5/h4-13H,1-3H3;/q;-1/p+1. The summed E-state index contributed by atoms with van der Waals surface area (Å²) in [4.78, 5) is 0. The van der Waals surface area contributed by atoms with E-state index in [9.17, 15) is 22.4 Å². The van der Waals surface area contributed by atoms with Crippen molar-refractivity contribution in [2.45, 2.75) is 13.8 Å². The Morgan fingerprint density at radius 1 is 0.759 bits per heavy atom. The number of aromatic nitrogens is 1. The molecule has 150 valence electrons. The van der Waals surface area contributed by atoms with Crippen molar-refractivity contribution in [1.82, 2.24) is 0 Å². The van der Waals surface area contributed by atoms with Crippen LogP contribution in [0.2, 0.25) is 0 Å². The molecule has 0 aliphatic carbocycles. The predicted molar refractivity (Wildman–Crippen MR) is 109 cm³/mol. The van der Waals surface area contributed by atoms with Gasteiger partial charge in [-0.05, 0) is 54.8 Å². The van der Waals surface area contributed by atoms with Crippen molar-refractivity contribution in [3.63, 3.8) is 0 Å². The Morgan fingerprint density at radius 2 is 1.14 bits per heavy atom. The number of halogens is 4. The number of pyridine rings is 1. The number of hydrogen-bond acceptors (Lipinski definition) is 1. The number of hydrogen-bond donors (Lipinski definition) is 1. The molecule has 1 N–H and O–H groups in total. The van der Waals surface area contributed by atoms with Crippen LogP contribution in [0.3, 0.4) is 0 Å². The zero-order chi connectivity index (χ0) is 21.3. The number of para-hydroxylation sites is 2. The zero-order valence-corrected chi connectivity index (χ0v) is 16.3. The number of aryl methyl sites for hydroxylation is 3. The van der Waals surface area contributed by atoms with E-state index in [1.165, 1.54) is 27.4 Å². The van der Waals surface area contributed by atoms with Gasteiger partial charge in [-0.1, -0.05) is 24.3 Å². The maximum absolute atomic E-state index is 10.1. The molecular weight excluding hydrogens is 381 g/mol. The topological polar surface area (TPSA) is 24.1 Å². The predicted octanol–water partition coefficient (Wildman–Crippen LogP) is 6.11. The summed E-state index contributed by atoms with van der Waals surface area (Å²) < 4.78 is 41.2. The van der Waals surface area contributed by atoms with Crippen LogP contribution in [0, 0.1) is 13.8 Å². The number of phenols is 1. The van der Waals surface area contributed by atoms with Gasteiger partial charge in [-0.15, -0.1) is 0 Å². The van der Waals surface area contributed by atoms with Crippen LogP contribution in [-0.2, 0) is 7.05 Å². The molecule has 0 spiro atoms. The molecule has 2 nitrogen and oxygen atoms in total. The smallest absolute Gasteiger partial charge is 0.507 e. The number of nitrogens with zero attached hydrogens (tertiary/aromatic N) is 1. The van der Waals surface area contributed by atoms with Crippen LogP contribution in [0.4, 0.5) is 17.3 Å². The van der Waals surface area contributed by atoms with E-state index in [1.54, 1.807) is 0 Å². The molecule has 29 heavy (non-hydrogen) atoms. The van der Waals surface area contributed by atoms with Crippen LogP contribution in [-0.4, -0.2) is 12.4 Å². The maximum atomic E-state index is 10.1. The first-order valence-electron chi connectivity index (χ1n) is 9.05. The van der Waals surface area contributed by atoms with Crippen LogP contribution in [0.15, 0.2) is 60.7 Å². The van der Waals surface area contributed by atoms with Crippen LogP contribution in [0.5, 0.6) is 5.75 Å². The number of benzene rings is 3. The highest BCUT2D eigenvalue weighted by molar-refractivity contribution is 6.50. The summed E-state index contributed by atoms with van der Waals surface area (Å²) in [6.07, 6.45) is 0. The number of rotatable bonds is 1. The molecule has 0 saturated heterocycles. The zero-order valence-electron chi connectivity index (χ0n) is 16.3. The monoisotopic (exact) mass is 401 g/mol. The molecule has 1 aromatic heterocycles. The molecule has 0 radical (unpaired) electrons.